The molecule has 1 aromatic rings. The van der Waals surface area contributed by atoms with E-state index in [1.165, 1.54) is 48.5 Å². The molecule has 2 N–H and O–H groups in total. The highest BCUT2D eigenvalue weighted by Gasteiger charge is 2.14. The molecule has 0 aromatic carbocycles. The van der Waals surface area contributed by atoms with Crippen molar-refractivity contribution in [2.24, 2.45) is 0 Å². The molecule has 1 aliphatic heterocycles. The molecular formula is C14H24N2S. The van der Waals surface area contributed by atoms with E-state index >= 15 is 0 Å². The average Bonchev–Trinajstić information content (AvgIpc) is 2.53. The predicted molar refractivity (Wildman–Crippen MR) is 75.9 cm³/mol. The van der Waals surface area contributed by atoms with Crippen molar-refractivity contribution < 1.29 is 0 Å². The zero-order chi connectivity index (χ0) is 12.1. The summed E-state index contributed by atoms with van der Waals surface area (Å²) in [5.41, 5.74) is 0. The SMILES string of the molecule is Cc1ccc(CC(C)NC2CCCNCC2)s1. The number of aryl methyl sites for hydroxylation is 1. The van der Waals surface area contributed by atoms with Gasteiger partial charge in [-0.05, 0) is 64.8 Å². The minimum atomic E-state index is 0.594. The van der Waals surface area contributed by atoms with Gasteiger partial charge in [-0.2, -0.15) is 0 Å². The van der Waals surface area contributed by atoms with Crippen molar-refractivity contribution in [1.29, 1.82) is 0 Å². The third-order valence-corrected chi connectivity index (χ3v) is 4.42. The van der Waals surface area contributed by atoms with Crippen LogP contribution in [-0.4, -0.2) is 25.2 Å². The molecule has 0 saturated carbocycles. The van der Waals surface area contributed by atoms with Gasteiger partial charge in [0, 0.05) is 21.8 Å². The fourth-order valence-electron chi connectivity index (χ4n) is 2.54. The Labute approximate surface area is 109 Å². The smallest absolute Gasteiger partial charge is 0.00896 e. The second kappa shape index (κ2) is 6.53. The first-order chi connectivity index (χ1) is 8.24. The van der Waals surface area contributed by atoms with Crippen LogP contribution in [0.1, 0.15) is 35.9 Å². The molecule has 3 heteroatoms. The van der Waals surface area contributed by atoms with Gasteiger partial charge < -0.3 is 10.6 Å². The summed E-state index contributed by atoms with van der Waals surface area (Å²) < 4.78 is 0. The van der Waals surface area contributed by atoms with E-state index in [0.29, 0.717) is 12.1 Å². The second-order valence-corrected chi connectivity index (χ2v) is 6.53. The third kappa shape index (κ3) is 4.41. The van der Waals surface area contributed by atoms with Gasteiger partial charge >= 0.3 is 0 Å². The first kappa shape index (κ1) is 13.1. The van der Waals surface area contributed by atoms with Gasteiger partial charge in [0.05, 0.1) is 0 Å². The van der Waals surface area contributed by atoms with Crippen molar-refractivity contribution in [2.75, 3.05) is 13.1 Å². The van der Waals surface area contributed by atoms with Gasteiger partial charge in [0.1, 0.15) is 0 Å². The first-order valence-corrected chi connectivity index (χ1v) is 7.58. The van der Waals surface area contributed by atoms with Crippen molar-refractivity contribution in [3.63, 3.8) is 0 Å². The van der Waals surface area contributed by atoms with Crippen LogP contribution in [0.15, 0.2) is 12.1 Å². The summed E-state index contributed by atoms with van der Waals surface area (Å²) in [6.07, 6.45) is 5.07. The highest BCUT2D eigenvalue weighted by atomic mass is 32.1. The lowest BCUT2D eigenvalue weighted by Gasteiger charge is -2.21. The summed E-state index contributed by atoms with van der Waals surface area (Å²) in [4.78, 5) is 2.93. The molecule has 0 bridgehead atoms. The summed E-state index contributed by atoms with van der Waals surface area (Å²) >= 11 is 1.93. The molecular weight excluding hydrogens is 228 g/mol. The normalized spacial score (nSPS) is 23.3. The molecule has 1 saturated heterocycles. The third-order valence-electron chi connectivity index (χ3n) is 3.40. The highest BCUT2D eigenvalue weighted by molar-refractivity contribution is 7.11. The van der Waals surface area contributed by atoms with E-state index < -0.39 is 0 Å². The van der Waals surface area contributed by atoms with Crippen molar-refractivity contribution in [3.8, 4) is 0 Å². The number of rotatable bonds is 4. The Kier molecular flexibility index (Phi) is 5.01. The molecule has 1 fully saturated rings. The zero-order valence-corrected chi connectivity index (χ0v) is 11.8. The van der Waals surface area contributed by atoms with E-state index in [9.17, 15) is 0 Å². The Morgan fingerprint density at radius 3 is 3.06 bits per heavy atom. The quantitative estimate of drug-likeness (QED) is 0.861. The van der Waals surface area contributed by atoms with Gasteiger partial charge in [0.25, 0.3) is 0 Å². The largest absolute Gasteiger partial charge is 0.317 e. The fraction of sp³-hybridized carbons (Fsp3) is 0.714. The number of hydrogen-bond donors (Lipinski definition) is 2. The lowest BCUT2D eigenvalue weighted by molar-refractivity contribution is 0.413. The van der Waals surface area contributed by atoms with Crippen LogP contribution in [0.3, 0.4) is 0 Å². The molecule has 96 valence electrons. The minimum absolute atomic E-state index is 0.594. The lowest BCUT2D eigenvalue weighted by Crippen LogP contribution is -2.38. The summed E-state index contributed by atoms with van der Waals surface area (Å²) in [5, 5.41) is 7.25. The van der Waals surface area contributed by atoms with Crippen molar-refractivity contribution in [3.05, 3.63) is 21.9 Å². The molecule has 0 amide bonds. The van der Waals surface area contributed by atoms with E-state index in [-0.39, 0.29) is 0 Å². The van der Waals surface area contributed by atoms with Crippen LogP contribution in [0.2, 0.25) is 0 Å². The number of hydrogen-bond acceptors (Lipinski definition) is 3. The van der Waals surface area contributed by atoms with E-state index in [2.05, 4.69) is 36.6 Å². The zero-order valence-electron chi connectivity index (χ0n) is 11.0. The summed E-state index contributed by atoms with van der Waals surface area (Å²) in [7, 11) is 0. The Balaban J connectivity index is 1.77. The monoisotopic (exact) mass is 252 g/mol. The van der Waals surface area contributed by atoms with Gasteiger partial charge in [-0.25, -0.2) is 0 Å². The van der Waals surface area contributed by atoms with Gasteiger partial charge in [-0.3, -0.25) is 0 Å². The van der Waals surface area contributed by atoms with Crippen LogP contribution in [-0.2, 0) is 6.42 Å². The van der Waals surface area contributed by atoms with Crippen molar-refractivity contribution in [2.45, 2.75) is 51.6 Å². The topological polar surface area (TPSA) is 24.1 Å². The summed E-state index contributed by atoms with van der Waals surface area (Å²) in [6.45, 7) is 6.86. The van der Waals surface area contributed by atoms with Crippen LogP contribution in [0, 0.1) is 6.92 Å². The Morgan fingerprint density at radius 1 is 1.41 bits per heavy atom. The minimum Gasteiger partial charge on any atom is -0.317 e. The average molecular weight is 252 g/mol. The molecule has 1 aliphatic rings. The Morgan fingerprint density at radius 2 is 2.29 bits per heavy atom. The van der Waals surface area contributed by atoms with E-state index in [4.69, 9.17) is 0 Å². The van der Waals surface area contributed by atoms with E-state index in [1.807, 2.05) is 11.3 Å². The highest BCUT2D eigenvalue weighted by Crippen LogP contribution is 2.17. The first-order valence-electron chi connectivity index (χ1n) is 6.76. The van der Waals surface area contributed by atoms with Crippen molar-refractivity contribution in [1.82, 2.24) is 10.6 Å². The fourth-order valence-corrected chi connectivity index (χ4v) is 3.56. The van der Waals surface area contributed by atoms with Gasteiger partial charge in [-0.15, -0.1) is 11.3 Å². The van der Waals surface area contributed by atoms with Crippen LogP contribution in [0.25, 0.3) is 0 Å². The van der Waals surface area contributed by atoms with Crippen LogP contribution < -0.4 is 10.6 Å². The molecule has 0 spiro atoms. The Hall–Kier alpha value is -0.380. The molecule has 2 heterocycles. The maximum absolute atomic E-state index is 3.78. The summed E-state index contributed by atoms with van der Waals surface area (Å²) in [6, 6.07) is 5.80. The van der Waals surface area contributed by atoms with Gasteiger partial charge in [-0.1, -0.05) is 0 Å². The van der Waals surface area contributed by atoms with E-state index in [0.717, 1.165) is 0 Å². The standard InChI is InChI=1S/C14H24N2S/c1-11(10-14-6-5-12(2)17-14)16-13-4-3-8-15-9-7-13/h5-6,11,13,15-16H,3-4,7-10H2,1-2H3. The molecule has 2 nitrogen and oxygen atoms in total. The maximum Gasteiger partial charge on any atom is 0.00896 e. The van der Waals surface area contributed by atoms with Gasteiger partial charge in [0.2, 0.25) is 0 Å². The van der Waals surface area contributed by atoms with E-state index in [1.54, 1.807) is 0 Å². The number of thiophene rings is 1. The lowest BCUT2D eigenvalue weighted by atomic mass is 10.1. The maximum atomic E-state index is 3.78. The van der Waals surface area contributed by atoms with Crippen LogP contribution >= 0.6 is 11.3 Å². The second-order valence-electron chi connectivity index (χ2n) is 5.16. The van der Waals surface area contributed by atoms with Gasteiger partial charge in [0.15, 0.2) is 0 Å². The number of nitrogens with one attached hydrogen (secondary N) is 2. The molecule has 2 unspecified atom stereocenters. The van der Waals surface area contributed by atoms with Crippen molar-refractivity contribution >= 4 is 11.3 Å². The van der Waals surface area contributed by atoms with Crippen LogP contribution in [0.4, 0.5) is 0 Å². The Bertz CT molecular complexity index is 327. The molecule has 0 radical (unpaired) electrons. The molecule has 1 aromatic heterocycles. The molecule has 17 heavy (non-hydrogen) atoms. The van der Waals surface area contributed by atoms with Crippen LogP contribution in [0.5, 0.6) is 0 Å². The molecule has 2 rings (SSSR count). The molecule has 2 atom stereocenters. The predicted octanol–water partition coefficient (Wildman–Crippen LogP) is 2.72. The summed E-state index contributed by atoms with van der Waals surface area (Å²) in [5.74, 6) is 0. The molecule has 0 aliphatic carbocycles.